The highest BCUT2D eigenvalue weighted by Crippen LogP contribution is 2.48. The third-order valence-electron chi connectivity index (χ3n) is 4.73. The molecule has 24 heavy (non-hydrogen) atoms. The normalized spacial score (nSPS) is 12.5. The highest BCUT2D eigenvalue weighted by Gasteiger charge is 2.23. The Balaban J connectivity index is 1.91. The van der Waals surface area contributed by atoms with Gasteiger partial charge in [0.2, 0.25) is 5.88 Å². The quantitative estimate of drug-likeness (QED) is 0.350. The maximum Gasteiger partial charge on any atom is 0.227 e. The Morgan fingerprint density at radius 3 is 2.67 bits per heavy atom. The molecule has 0 bridgehead atoms. The number of benzene rings is 3. The van der Waals surface area contributed by atoms with Gasteiger partial charge in [-0.1, -0.05) is 30.3 Å². The Morgan fingerprint density at radius 2 is 1.67 bits per heavy atom. The predicted molar refractivity (Wildman–Crippen MR) is 94.5 cm³/mol. The average molecular weight is 309 g/mol. The van der Waals surface area contributed by atoms with Crippen LogP contribution in [0.2, 0.25) is 0 Å². The van der Waals surface area contributed by atoms with E-state index in [-0.39, 0.29) is 0 Å². The molecule has 6 rings (SSSR count). The standard InChI is InChI=1S/C21H11NO2/c1-2-8-17-12(5-1)16-11-15-13-7-4-10-22-21(13)24-18-9-3-6-14(19(15)18)20(16)23-17/h1-11H. The molecule has 0 saturated carbocycles. The van der Waals surface area contributed by atoms with E-state index in [2.05, 4.69) is 29.2 Å². The summed E-state index contributed by atoms with van der Waals surface area (Å²) in [5.41, 5.74) is 3.98. The van der Waals surface area contributed by atoms with Gasteiger partial charge in [-0.25, -0.2) is 4.98 Å². The first-order valence-electron chi connectivity index (χ1n) is 7.90. The van der Waals surface area contributed by atoms with Crippen LogP contribution in [-0.4, -0.2) is 4.98 Å². The van der Waals surface area contributed by atoms with Gasteiger partial charge >= 0.3 is 0 Å². The number of aromatic nitrogens is 1. The van der Waals surface area contributed by atoms with Gasteiger partial charge in [0.25, 0.3) is 0 Å². The van der Waals surface area contributed by atoms with Crippen LogP contribution in [0.1, 0.15) is 0 Å². The smallest absolute Gasteiger partial charge is 0.227 e. The van der Waals surface area contributed by atoms with Crippen molar-refractivity contribution >= 4 is 32.7 Å². The molecule has 0 spiro atoms. The first kappa shape index (κ1) is 12.1. The molecule has 3 heterocycles. The molecule has 0 saturated heterocycles. The zero-order valence-corrected chi connectivity index (χ0v) is 12.6. The molecule has 0 N–H and O–H groups in total. The monoisotopic (exact) mass is 309 g/mol. The molecular formula is C21H11NO2. The molecule has 3 nitrogen and oxygen atoms in total. The van der Waals surface area contributed by atoms with E-state index < -0.39 is 0 Å². The van der Waals surface area contributed by atoms with Crippen LogP contribution < -0.4 is 4.74 Å². The van der Waals surface area contributed by atoms with Gasteiger partial charge in [0.1, 0.15) is 16.9 Å². The lowest BCUT2D eigenvalue weighted by Crippen LogP contribution is -1.98. The zero-order chi connectivity index (χ0) is 15.7. The van der Waals surface area contributed by atoms with E-state index in [1.54, 1.807) is 6.20 Å². The van der Waals surface area contributed by atoms with Gasteiger partial charge < -0.3 is 9.15 Å². The Kier molecular flexibility index (Phi) is 2.10. The molecule has 2 aromatic heterocycles. The Labute approximate surface area is 137 Å². The van der Waals surface area contributed by atoms with Gasteiger partial charge in [0.15, 0.2) is 0 Å². The van der Waals surface area contributed by atoms with E-state index in [0.29, 0.717) is 5.88 Å². The number of fused-ring (bicyclic) bond motifs is 6. The summed E-state index contributed by atoms with van der Waals surface area (Å²) in [4.78, 5) is 4.39. The number of nitrogens with zero attached hydrogens (tertiary/aromatic N) is 1. The number of hydrogen-bond donors (Lipinski definition) is 0. The highest BCUT2D eigenvalue weighted by atomic mass is 16.5. The second-order valence-electron chi connectivity index (χ2n) is 6.04. The lowest BCUT2D eigenvalue weighted by molar-refractivity contribution is 0.467. The van der Waals surface area contributed by atoms with Crippen molar-refractivity contribution in [3.05, 3.63) is 66.9 Å². The van der Waals surface area contributed by atoms with E-state index >= 15 is 0 Å². The molecule has 0 fully saturated rings. The SMILES string of the molecule is c1cnc2c(c1)-c1cc3c4ccccc4oc3c3cccc(c13)O2. The maximum atomic E-state index is 6.16. The average Bonchev–Trinajstić information content (AvgIpc) is 3.01. The van der Waals surface area contributed by atoms with Crippen LogP contribution in [0.25, 0.3) is 43.8 Å². The number of hydrogen-bond acceptors (Lipinski definition) is 3. The molecule has 0 aliphatic carbocycles. The van der Waals surface area contributed by atoms with Crippen LogP contribution in [0.15, 0.2) is 71.3 Å². The van der Waals surface area contributed by atoms with Gasteiger partial charge in [-0.15, -0.1) is 0 Å². The summed E-state index contributed by atoms with van der Waals surface area (Å²) in [7, 11) is 0. The van der Waals surface area contributed by atoms with Crippen LogP contribution in [0.5, 0.6) is 11.6 Å². The van der Waals surface area contributed by atoms with Gasteiger partial charge in [-0.2, -0.15) is 0 Å². The van der Waals surface area contributed by atoms with Crippen LogP contribution in [0.3, 0.4) is 0 Å². The molecule has 0 radical (unpaired) electrons. The number of rotatable bonds is 0. The van der Waals surface area contributed by atoms with Crippen molar-refractivity contribution in [3.63, 3.8) is 0 Å². The second kappa shape index (κ2) is 4.15. The minimum Gasteiger partial charge on any atom is -0.455 e. The van der Waals surface area contributed by atoms with Gasteiger partial charge in [0, 0.05) is 33.3 Å². The van der Waals surface area contributed by atoms with Gasteiger partial charge in [-0.3, -0.25) is 0 Å². The first-order valence-corrected chi connectivity index (χ1v) is 7.90. The minimum absolute atomic E-state index is 0.657. The minimum atomic E-state index is 0.657. The predicted octanol–water partition coefficient (Wildman–Crippen LogP) is 5.91. The van der Waals surface area contributed by atoms with E-state index in [1.165, 1.54) is 0 Å². The van der Waals surface area contributed by atoms with Crippen LogP contribution >= 0.6 is 0 Å². The van der Waals surface area contributed by atoms with Crippen molar-refractivity contribution in [2.75, 3.05) is 0 Å². The molecule has 0 atom stereocenters. The molecule has 5 aromatic rings. The molecule has 0 unspecified atom stereocenters. The first-order chi connectivity index (χ1) is 11.9. The van der Waals surface area contributed by atoms with Crippen LogP contribution in [-0.2, 0) is 0 Å². The molecule has 3 aromatic carbocycles. The summed E-state index contributed by atoms with van der Waals surface area (Å²) in [6.45, 7) is 0. The van der Waals surface area contributed by atoms with Gasteiger partial charge in [-0.05, 0) is 35.9 Å². The Hall–Kier alpha value is -3.33. The summed E-state index contributed by atoms with van der Waals surface area (Å²) in [5.74, 6) is 1.49. The topological polar surface area (TPSA) is 35.3 Å². The van der Waals surface area contributed by atoms with E-state index in [9.17, 15) is 0 Å². The third-order valence-corrected chi connectivity index (χ3v) is 4.73. The molecule has 1 aliphatic heterocycles. The summed E-state index contributed by atoms with van der Waals surface area (Å²) < 4.78 is 12.2. The second-order valence-corrected chi connectivity index (χ2v) is 6.04. The van der Waals surface area contributed by atoms with E-state index in [0.717, 1.165) is 49.6 Å². The largest absolute Gasteiger partial charge is 0.455 e. The number of ether oxygens (including phenoxy) is 1. The van der Waals surface area contributed by atoms with Crippen LogP contribution in [0.4, 0.5) is 0 Å². The molecule has 112 valence electrons. The highest BCUT2D eigenvalue weighted by molar-refractivity contribution is 6.21. The van der Waals surface area contributed by atoms with Crippen molar-refractivity contribution in [2.24, 2.45) is 0 Å². The zero-order valence-electron chi connectivity index (χ0n) is 12.6. The summed E-state index contributed by atoms with van der Waals surface area (Å²) in [6, 6.07) is 20.4. The Morgan fingerprint density at radius 1 is 0.750 bits per heavy atom. The molecule has 1 aliphatic rings. The maximum absolute atomic E-state index is 6.16. The van der Waals surface area contributed by atoms with E-state index in [1.807, 2.05) is 36.4 Å². The van der Waals surface area contributed by atoms with Crippen molar-refractivity contribution in [2.45, 2.75) is 0 Å². The fourth-order valence-electron chi connectivity index (χ4n) is 3.70. The number of para-hydroxylation sites is 1. The van der Waals surface area contributed by atoms with Crippen LogP contribution in [0, 0.1) is 0 Å². The van der Waals surface area contributed by atoms with Crippen molar-refractivity contribution in [3.8, 4) is 22.8 Å². The van der Waals surface area contributed by atoms with Crippen molar-refractivity contribution < 1.29 is 9.15 Å². The lowest BCUT2D eigenvalue weighted by atomic mass is 9.94. The fraction of sp³-hybridized carbons (Fsp3) is 0. The molecular weight excluding hydrogens is 298 g/mol. The number of furan rings is 1. The molecule has 3 heteroatoms. The number of pyridine rings is 1. The molecule has 0 amide bonds. The fourth-order valence-corrected chi connectivity index (χ4v) is 3.70. The summed E-state index contributed by atoms with van der Waals surface area (Å²) in [6.07, 6.45) is 1.76. The summed E-state index contributed by atoms with van der Waals surface area (Å²) in [5, 5.41) is 4.42. The van der Waals surface area contributed by atoms with Crippen molar-refractivity contribution in [1.29, 1.82) is 0 Å². The lowest BCUT2D eigenvalue weighted by Gasteiger charge is -2.20. The van der Waals surface area contributed by atoms with Gasteiger partial charge in [0.05, 0.1) is 0 Å². The Bertz CT molecular complexity index is 1280. The third kappa shape index (κ3) is 1.39. The van der Waals surface area contributed by atoms with Crippen molar-refractivity contribution in [1.82, 2.24) is 4.98 Å². The van der Waals surface area contributed by atoms with E-state index in [4.69, 9.17) is 9.15 Å². The summed E-state index contributed by atoms with van der Waals surface area (Å²) >= 11 is 0.